The molecule has 0 heterocycles. The lowest BCUT2D eigenvalue weighted by molar-refractivity contribution is -0.125. The lowest BCUT2D eigenvalue weighted by atomic mass is 10.3. The maximum absolute atomic E-state index is 11.3. The van der Waals surface area contributed by atoms with E-state index in [0.29, 0.717) is 5.57 Å². The van der Waals surface area contributed by atoms with Crippen LogP contribution in [0.5, 0.6) is 0 Å². The molecular formula is C8H15NO4S. The summed E-state index contributed by atoms with van der Waals surface area (Å²) in [5.41, 5.74) is 0.329. The fourth-order valence-corrected chi connectivity index (χ4v) is 1.30. The van der Waals surface area contributed by atoms with Crippen molar-refractivity contribution in [2.75, 3.05) is 13.6 Å². The number of hydrogen-bond donors (Lipinski definition) is 1. The van der Waals surface area contributed by atoms with Crippen molar-refractivity contribution in [2.45, 2.75) is 19.1 Å². The molecule has 0 aromatic carbocycles. The van der Waals surface area contributed by atoms with Gasteiger partial charge in [-0.05, 0) is 13.8 Å². The van der Waals surface area contributed by atoms with Crippen LogP contribution in [0.4, 0.5) is 0 Å². The van der Waals surface area contributed by atoms with E-state index >= 15 is 0 Å². The number of nitrogens with zero attached hydrogens (tertiary/aromatic N) is 1. The molecule has 14 heavy (non-hydrogen) atoms. The normalized spacial score (nSPS) is 13.4. The lowest BCUT2D eigenvalue weighted by Gasteiger charge is -2.19. The molecule has 0 aromatic rings. The van der Waals surface area contributed by atoms with Gasteiger partial charge in [0.2, 0.25) is 5.91 Å². The van der Waals surface area contributed by atoms with Crippen LogP contribution in [0.3, 0.4) is 0 Å². The van der Waals surface area contributed by atoms with Crippen molar-refractivity contribution in [3.8, 4) is 0 Å². The van der Waals surface area contributed by atoms with Crippen molar-refractivity contribution in [3.05, 3.63) is 12.2 Å². The van der Waals surface area contributed by atoms with Gasteiger partial charge in [-0.25, -0.2) is 0 Å². The summed E-state index contributed by atoms with van der Waals surface area (Å²) < 4.78 is 30.0. The molecular weight excluding hydrogens is 206 g/mol. The van der Waals surface area contributed by atoms with Gasteiger partial charge >= 0.3 is 0 Å². The number of amides is 1. The van der Waals surface area contributed by atoms with Gasteiger partial charge in [-0.3, -0.25) is 9.35 Å². The van der Waals surface area contributed by atoms with Crippen LogP contribution in [-0.2, 0) is 14.9 Å². The second-order valence-electron chi connectivity index (χ2n) is 3.29. The van der Waals surface area contributed by atoms with E-state index in [1.807, 2.05) is 0 Å². The molecule has 0 aromatic heterocycles. The monoisotopic (exact) mass is 221 g/mol. The second kappa shape index (κ2) is 4.56. The summed E-state index contributed by atoms with van der Waals surface area (Å²) in [6.45, 7) is 6.26. The number of hydrogen-bond acceptors (Lipinski definition) is 3. The molecule has 0 bridgehead atoms. The molecule has 0 saturated heterocycles. The Balaban J connectivity index is 4.42. The van der Waals surface area contributed by atoms with Crippen molar-refractivity contribution in [3.63, 3.8) is 0 Å². The Hall–Kier alpha value is -0.880. The highest BCUT2D eigenvalue weighted by Crippen LogP contribution is 2.02. The molecule has 1 unspecified atom stereocenters. The molecule has 1 N–H and O–H groups in total. The molecule has 82 valence electrons. The summed E-state index contributed by atoms with van der Waals surface area (Å²) in [4.78, 5) is 12.5. The van der Waals surface area contributed by atoms with E-state index in [4.69, 9.17) is 4.55 Å². The molecule has 0 aliphatic heterocycles. The van der Waals surface area contributed by atoms with E-state index in [1.165, 1.54) is 25.8 Å². The van der Waals surface area contributed by atoms with Gasteiger partial charge in [0.05, 0.1) is 0 Å². The third-order valence-corrected chi connectivity index (χ3v) is 2.92. The van der Waals surface area contributed by atoms with Crippen molar-refractivity contribution < 1.29 is 17.8 Å². The molecule has 0 rings (SSSR count). The first-order valence-corrected chi connectivity index (χ1v) is 5.54. The van der Waals surface area contributed by atoms with Gasteiger partial charge in [0, 0.05) is 19.2 Å². The van der Waals surface area contributed by atoms with E-state index in [9.17, 15) is 13.2 Å². The SMILES string of the molecule is C=C(C)C(=O)N(C)CC(C)S(=O)(=O)O. The Kier molecular flexibility index (Phi) is 4.28. The van der Waals surface area contributed by atoms with Crippen molar-refractivity contribution in [1.29, 1.82) is 0 Å². The van der Waals surface area contributed by atoms with Gasteiger partial charge in [-0.2, -0.15) is 8.42 Å². The fraction of sp³-hybridized carbons (Fsp3) is 0.625. The minimum atomic E-state index is -4.08. The van der Waals surface area contributed by atoms with Crippen LogP contribution in [0.15, 0.2) is 12.2 Å². The maximum atomic E-state index is 11.3. The first kappa shape index (κ1) is 13.1. The molecule has 0 spiro atoms. The smallest absolute Gasteiger partial charge is 0.269 e. The summed E-state index contributed by atoms with van der Waals surface area (Å²) in [6, 6.07) is 0. The van der Waals surface area contributed by atoms with E-state index in [-0.39, 0.29) is 12.5 Å². The first-order valence-electron chi connectivity index (χ1n) is 4.03. The average Bonchev–Trinajstić information content (AvgIpc) is 2.00. The zero-order chi connectivity index (χ0) is 11.5. The highest BCUT2D eigenvalue weighted by atomic mass is 32.2. The van der Waals surface area contributed by atoms with Crippen LogP contribution in [0.1, 0.15) is 13.8 Å². The van der Waals surface area contributed by atoms with Gasteiger partial charge in [-0.15, -0.1) is 0 Å². The molecule has 1 amide bonds. The number of carbonyl (C=O) groups excluding carboxylic acids is 1. The Labute approximate surface area is 84.2 Å². The Morgan fingerprint density at radius 3 is 2.29 bits per heavy atom. The Morgan fingerprint density at radius 2 is 2.00 bits per heavy atom. The summed E-state index contributed by atoms with van der Waals surface area (Å²) >= 11 is 0. The van der Waals surface area contributed by atoms with Crippen LogP contribution in [0.25, 0.3) is 0 Å². The second-order valence-corrected chi connectivity index (χ2v) is 5.13. The summed E-state index contributed by atoms with van der Waals surface area (Å²) in [5, 5.41) is -0.990. The molecule has 6 heteroatoms. The quantitative estimate of drug-likeness (QED) is 0.547. The standard InChI is InChI=1S/C8H15NO4S/c1-6(2)8(10)9(4)5-7(3)14(11,12)13/h7H,1,5H2,2-4H3,(H,11,12,13). The van der Waals surface area contributed by atoms with Crippen molar-refractivity contribution >= 4 is 16.0 Å². The van der Waals surface area contributed by atoms with E-state index in [0.717, 1.165) is 0 Å². The van der Waals surface area contributed by atoms with Gasteiger partial charge < -0.3 is 4.90 Å². The van der Waals surface area contributed by atoms with E-state index in [1.54, 1.807) is 0 Å². The van der Waals surface area contributed by atoms with Crippen molar-refractivity contribution in [2.24, 2.45) is 0 Å². The largest absolute Gasteiger partial charge is 0.341 e. The molecule has 0 fully saturated rings. The molecule has 0 aliphatic carbocycles. The van der Waals surface area contributed by atoms with E-state index in [2.05, 4.69) is 6.58 Å². The molecule has 0 radical (unpaired) electrons. The highest BCUT2D eigenvalue weighted by Gasteiger charge is 2.21. The maximum Gasteiger partial charge on any atom is 0.269 e. The molecule has 0 saturated carbocycles. The fourth-order valence-electron chi connectivity index (χ4n) is 0.889. The zero-order valence-electron chi connectivity index (χ0n) is 8.52. The third-order valence-electron chi connectivity index (χ3n) is 1.75. The predicted octanol–water partition coefficient (Wildman–Crippen LogP) is 0.297. The number of carbonyl (C=O) groups is 1. The topological polar surface area (TPSA) is 74.7 Å². The van der Waals surface area contributed by atoms with Gasteiger partial charge in [0.15, 0.2) is 0 Å². The molecule has 5 nitrogen and oxygen atoms in total. The first-order chi connectivity index (χ1) is 6.16. The van der Waals surface area contributed by atoms with Gasteiger partial charge in [0.25, 0.3) is 10.1 Å². The average molecular weight is 221 g/mol. The van der Waals surface area contributed by atoms with Crippen LogP contribution in [0.2, 0.25) is 0 Å². The molecule has 1 atom stereocenters. The Bertz CT molecular complexity index is 333. The predicted molar refractivity (Wildman–Crippen MR) is 53.5 cm³/mol. The summed E-state index contributed by atoms with van der Waals surface area (Å²) in [7, 11) is -2.62. The van der Waals surface area contributed by atoms with E-state index < -0.39 is 15.4 Å². The van der Waals surface area contributed by atoms with Gasteiger partial charge in [-0.1, -0.05) is 6.58 Å². The lowest BCUT2D eigenvalue weighted by Crippen LogP contribution is -2.36. The van der Waals surface area contributed by atoms with Crippen molar-refractivity contribution in [1.82, 2.24) is 4.90 Å². The van der Waals surface area contributed by atoms with Crippen LogP contribution >= 0.6 is 0 Å². The van der Waals surface area contributed by atoms with Gasteiger partial charge in [0.1, 0.15) is 5.25 Å². The zero-order valence-corrected chi connectivity index (χ0v) is 9.34. The summed E-state index contributed by atoms with van der Waals surface area (Å²) in [6.07, 6.45) is 0. The number of rotatable bonds is 4. The minimum absolute atomic E-state index is 0.0511. The third kappa shape index (κ3) is 3.89. The molecule has 0 aliphatic rings. The Morgan fingerprint density at radius 1 is 1.57 bits per heavy atom. The summed E-state index contributed by atoms with van der Waals surface area (Å²) in [5.74, 6) is -0.333. The van der Waals surface area contributed by atoms with Crippen LogP contribution < -0.4 is 0 Å². The highest BCUT2D eigenvalue weighted by molar-refractivity contribution is 7.86. The minimum Gasteiger partial charge on any atom is -0.341 e. The van der Waals surface area contributed by atoms with Crippen LogP contribution in [0, 0.1) is 0 Å². The van der Waals surface area contributed by atoms with Crippen LogP contribution in [-0.4, -0.2) is 42.6 Å². The number of likely N-dealkylation sites (N-methyl/N-ethyl adjacent to an activating group) is 1.